The molecule has 142 valence electrons. The Bertz CT molecular complexity index is 673. The summed E-state index contributed by atoms with van der Waals surface area (Å²) in [5, 5.41) is 0. The van der Waals surface area contributed by atoms with Gasteiger partial charge in [0.25, 0.3) is 5.91 Å². The van der Waals surface area contributed by atoms with Crippen LogP contribution >= 0.6 is 11.6 Å². The minimum absolute atomic E-state index is 0.128. The number of carbonyl (C=O) groups is 2. The summed E-state index contributed by atoms with van der Waals surface area (Å²) in [5.74, 6) is -0.731. The second-order valence-electron chi connectivity index (χ2n) is 6.30. The molecule has 0 spiro atoms. The van der Waals surface area contributed by atoms with E-state index < -0.39 is 11.6 Å². The fourth-order valence-electron chi connectivity index (χ4n) is 3.36. The second-order valence-corrected chi connectivity index (χ2v) is 6.74. The lowest BCUT2D eigenvalue weighted by Gasteiger charge is -2.36. The summed E-state index contributed by atoms with van der Waals surface area (Å²) >= 11 is 4.72. The van der Waals surface area contributed by atoms with Crippen molar-refractivity contribution >= 4 is 29.1 Å². The first-order valence-electron chi connectivity index (χ1n) is 8.47. The quantitative estimate of drug-likeness (QED) is 0.572. The van der Waals surface area contributed by atoms with E-state index in [9.17, 15) is 18.4 Å². The zero-order valence-corrected chi connectivity index (χ0v) is 15.1. The number of carbonyl (C=O) groups excluding carboxylic acids is 2. The molecule has 2 aliphatic heterocycles. The van der Waals surface area contributed by atoms with Crippen molar-refractivity contribution in [3.63, 3.8) is 0 Å². The highest BCUT2D eigenvalue weighted by Gasteiger charge is 2.43. The SMILES string of the molecule is CCN1CCN([C@@H]2CC(=O)N(c3ccc(OC(F)(F)Cl)cc3)C2=O)CC1. The molecule has 2 fully saturated rings. The van der Waals surface area contributed by atoms with Crippen molar-refractivity contribution in [2.75, 3.05) is 37.6 Å². The van der Waals surface area contributed by atoms with Crippen molar-refractivity contribution in [1.82, 2.24) is 9.80 Å². The zero-order chi connectivity index (χ0) is 18.9. The van der Waals surface area contributed by atoms with Gasteiger partial charge in [0, 0.05) is 37.8 Å². The molecular formula is C17H20ClF2N3O3. The Morgan fingerprint density at radius 2 is 1.77 bits per heavy atom. The van der Waals surface area contributed by atoms with Crippen LogP contribution in [0.25, 0.3) is 0 Å². The largest absolute Gasteiger partial charge is 0.487 e. The molecule has 6 nitrogen and oxygen atoms in total. The minimum atomic E-state index is -3.81. The molecule has 0 radical (unpaired) electrons. The Labute approximate surface area is 155 Å². The van der Waals surface area contributed by atoms with Gasteiger partial charge < -0.3 is 9.64 Å². The van der Waals surface area contributed by atoms with E-state index in [1.165, 1.54) is 24.3 Å². The fraction of sp³-hybridized carbons (Fsp3) is 0.529. The van der Waals surface area contributed by atoms with E-state index >= 15 is 0 Å². The highest BCUT2D eigenvalue weighted by molar-refractivity contribution is 6.22. The van der Waals surface area contributed by atoms with Gasteiger partial charge in [-0.2, -0.15) is 0 Å². The molecule has 0 aliphatic carbocycles. The number of anilines is 1. The predicted octanol–water partition coefficient (Wildman–Crippen LogP) is 2.12. The van der Waals surface area contributed by atoms with Crippen LogP contribution in [0.15, 0.2) is 24.3 Å². The van der Waals surface area contributed by atoms with Crippen LogP contribution in [0.5, 0.6) is 5.75 Å². The number of hydrogen-bond donors (Lipinski definition) is 0. The Morgan fingerprint density at radius 1 is 1.15 bits per heavy atom. The van der Waals surface area contributed by atoms with Crippen molar-refractivity contribution in [2.24, 2.45) is 0 Å². The smallest absolute Gasteiger partial charge is 0.420 e. The average molecular weight is 388 g/mol. The molecule has 1 atom stereocenters. The number of amides is 2. The van der Waals surface area contributed by atoms with Gasteiger partial charge in [-0.25, -0.2) is 4.90 Å². The molecule has 26 heavy (non-hydrogen) atoms. The van der Waals surface area contributed by atoms with Crippen molar-refractivity contribution in [1.29, 1.82) is 0 Å². The van der Waals surface area contributed by atoms with E-state index in [0.29, 0.717) is 5.69 Å². The third-order valence-electron chi connectivity index (χ3n) is 4.75. The molecule has 0 N–H and O–H groups in total. The minimum Gasteiger partial charge on any atom is -0.420 e. The maximum Gasteiger partial charge on any atom is 0.487 e. The third kappa shape index (κ3) is 4.13. The predicted molar refractivity (Wildman–Crippen MR) is 92.5 cm³/mol. The monoisotopic (exact) mass is 387 g/mol. The molecule has 0 unspecified atom stereocenters. The summed E-state index contributed by atoms with van der Waals surface area (Å²) in [6.45, 7) is 6.27. The highest BCUT2D eigenvalue weighted by Crippen LogP contribution is 2.30. The molecule has 2 aliphatic rings. The number of piperazine rings is 1. The van der Waals surface area contributed by atoms with Crippen LogP contribution in [0.2, 0.25) is 0 Å². The zero-order valence-electron chi connectivity index (χ0n) is 14.3. The molecule has 3 rings (SSSR count). The lowest BCUT2D eigenvalue weighted by molar-refractivity contribution is -0.123. The average Bonchev–Trinajstić information content (AvgIpc) is 2.89. The van der Waals surface area contributed by atoms with Gasteiger partial charge >= 0.3 is 5.57 Å². The van der Waals surface area contributed by atoms with Crippen molar-refractivity contribution < 1.29 is 23.1 Å². The van der Waals surface area contributed by atoms with Crippen LogP contribution in [-0.4, -0.2) is 65.9 Å². The Hall–Kier alpha value is -1.77. The van der Waals surface area contributed by atoms with Gasteiger partial charge in [-0.15, -0.1) is 8.78 Å². The van der Waals surface area contributed by atoms with Gasteiger partial charge in [-0.1, -0.05) is 6.92 Å². The molecule has 2 amide bonds. The standard InChI is InChI=1S/C17H20ClF2N3O3/c1-2-21-7-9-22(10-8-21)14-11-15(24)23(16(14)25)12-3-5-13(6-4-12)26-17(18,19)20/h3-6,14H,2,7-11H2,1H3/t14-/m1/s1. The topological polar surface area (TPSA) is 53.1 Å². The van der Waals surface area contributed by atoms with Crippen LogP contribution in [0, 0.1) is 0 Å². The number of benzene rings is 1. The number of halogens is 3. The van der Waals surface area contributed by atoms with Crippen molar-refractivity contribution in [2.45, 2.75) is 25.0 Å². The molecule has 1 aromatic carbocycles. The van der Waals surface area contributed by atoms with Gasteiger partial charge in [-0.05, 0) is 30.8 Å². The van der Waals surface area contributed by atoms with Crippen LogP contribution < -0.4 is 9.64 Å². The number of imide groups is 1. The maximum atomic E-state index is 12.8. The fourth-order valence-corrected chi connectivity index (χ4v) is 3.45. The van der Waals surface area contributed by atoms with Crippen LogP contribution in [0.4, 0.5) is 14.5 Å². The number of rotatable bonds is 5. The summed E-state index contributed by atoms with van der Waals surface area (Å²) in [4.78, 5) is 30.6. The number of nitrogens with zero attached hydrogens (tertiary/aromatic N) is 3. The molecule has 0 aromatic heterocycles. The molecule has 2 heterocycles. The molecule has 9 heteroatoms. The summed E-state index contributed by atoms with van der Waals surface area (Å²) in [6, 6.07) is 4.82. The summed E-state index contributed by atoms with van der Waals surface area (Å²) < 4.78 is 29.6. The molecule has 0 saturated carbocycles. The number of alkyl halides is 3. The first-order valence-corrected chi connectivity index (χ1v) is 8.85. The van der Waals surface area contributed by atoms with E-state index in [-0.39, 0.29) is 24.0 Å². The van der Waals surface area contributed by atoms with Crippen LogP contribution in [0.1, 0.15) is 13.3 Å². The molecular weight excluding hydrogens is 368 g/mol. The maximum absolute atomic E-state index is 12.8. The first kappa shape index (κ1) is 19.0. The second kappa shape index (κ2) is 7.46. The van der Waals surface area contributed by atoms with E-state index in [2.05, 4.69) is 16.6 Å². The third-order valence-corrected chi connectivity index (χ3v) is 4.82. The van der Waals surface area contributed by atoms with Crippen molar-refractivity contribution in [3.05, 3.63) is 24.3 Å². The van der Waals surface area contributed by atoms with Crippen LogP contribution in [0.3, 0.4) is 0 Å². The molecule has 0 bridgehead atoms. The van der Waals surface area contributed by atoms with E-state index in [1.807, 2.05) is 4.90 Å². The normalized spacial score (nSPS) is 22.9. The van der Waals surface area contributed by atoms with Gasteiger partial charge in [0.1, 0.15) is 5.75 Å². The lowest BCUT2D eigenvalue weighted by atomic mass is 10.1. The molecule has 2 saturated heterocycles. The van der Waals surface area contributed by atoms with E-state index in [4.69, 9.17) is 11.6 Å². The Morgan fingerprint density at radius 3 is 2.31 bits per heavy atom. The highest BCUT2D eigenvalue weighted by atomic mass is 35.5. The Kier molecular flexibility index (Phi) is 5.45. The number of ether oxygens (including phenoxy) is 1. The summed E-state index contributed by atoms with van der Waals surface area (Å²) in [7, 11) is 0. The Balaban J connectivity index is 1.69. The number of hydrogen-bond acceptors (Lipinski definition) is 5. The lowest BCUT2D eigenvalue weighted by Crippen LogP contribution is -2.52. The van der Waals surface area contributed by atoms with Crippen LogP contribution in [-0.2, 0) is 9.59 Å². The van der Waals surface area contributed by atoms with E-state index in [0.717, 1.165) is 37.6 Å². The van der Waals surface area contributed by atoms with Gasteiger partial charge in [-0.3, -0.25) is 14.5 Å². The molecule has 1 aromatic rings. The number of likely N-dealkylation sites (N-methyl/N-ethyl adjacent to an activating group) is 1. The summed E-state index contributed by atoms with van der Waals surface area (Å²) in [6.07, 6.45) is 0.128. The van der Waals surface area contributed by atoms with Crippen molar-refractivity contribution in [3.8, 4) is 5.75 Å². The van der Waals surface area contributed by atoms with E-state index in [1.54, 1.807) is 0 Å². The van der Waals surface area contributed by atoms with Gasteiger partial charge in [0.05, 0.1) is 18.2 Å². The van der Waals surface area contributed by atoms with Gasteiger partial charge in [0.15, 0.2) is 0 Å². The van der Waals surface area contributed by atoms with Gasteiger partial charge in [0.2, 0.25) is 5.91 Å². The first-order chi connectivity index (χ1) is 12.3. The summed E-state index contributed by atoms with van der Waals surface area (Å²) in [5.41, 5.74) is -3.48.